The molecular formula is C14H15N3S. The summed E-state index contributed by atoms with van der Waals surface area (Å²) in [6, 6.07) is 11.9. The van der Waals surface area contributed by atoms with E-state index < -0.39 is 0 Å². The van der Waals surface area contributed by atoms with Gasteiger partial charge in [-0.2, -0.15) is 0 Å². The first-order chi connectivity index (χ1) is 8.72. The van der Waals surface area contributed by atoms with Crippen LogP contribution in [-0.4, -0.2) is 9.97 Å². The normalized spacial score (nSPS) is 10.1. The number of nitrogens with zero attached hydrogens (tertiary/aromatic N) is 1. The van der Waals surface area contributed by atoms with Crippen LogP contribution in [0.3, 0.4) is 0 Å². The van der Waals surface area contributed by atoms with Crippen molar-refractivity contribution in [1.82, 2.24) is 4.98 Å². The number of anilines is 2. The monoisotopic (exact) mass is 257 g/mol. The van der Waals surface area contributed by atoms with Crippen LogP contribution >= 0.6 is 12.2 Å². The number of para-hydroxylation sites is 1. The number of thiocarbonyl (C=S) groups is 1. The molecule has 0 bridgehead atoms. The molecule has 92 valence electrons. The lowest BCUT2D eigenvalue weighted by molar-refractivity contribution is 1.14. The van der Waals surface area contributed by atoms with Gasteiger partial charge in [-0.25, -0.2) is 0 Å². The molecule has 2 rings (SSSR count). The Morgan fingerprint density at radius 3 is 2.67 bits per heavy atom. The first kappa shape index (κ1) is 12.5. The van der Waals surface area contributed by atoms with E-state index in [1.165, 1.54) is 5.56 Å². The lowest BCUT2D eigenvalue weighted by Gasteiger charge is -2.13. The van der Waals surface area contributed by atoms with Gasteiger partial charge in [0, 0.05) is 11.9 Å². The molecule has 0 radical (unpaired) electrons. The predicted molar refractivity (Wildman–Crippen MR) is 79.2 cm³/mol. The number of hydrogen-bond donors (Lipinski definition) is 2. The molecule has 0 saturated heterocycles. The summed E-state index contributed by atoms with van der Waals surface area (Å²) in [6.07, 6.45) is 2.65. The summed E-state index contributed by atoms with van der Waals surface area (Å²) < 4.78 is 0. The quantitative estimate of drug-likeness (QED) is 0.827. The number of aryl methyl sites for hydroxylation is 1. The van der Waals surface area contributed by atoms with Gasteiger partial charge in [-0.05, 0) is 30.2 Å². The zero-order valence-corrected chi connectivity index (χ0v) is 11.0. The van der Waals surface area contributed by atoms with Crippen LogP contribution in [0.25, 0.3) is 0 Å². The minimum atomic E-state index is 0.298. The number of rotatable bonds is 4. The molecule has 0 spiro atoms. The van der Waals surface area contributed by atoms with Crippen LogP contribution in [0.15, 0.2) is 42.6 Å². The molecule has 0 aliphatic carbocycles. The smallest absolute Gasteiger partial charge is 0.124 e. The van der Waals surface area contributed by atoms with E-state index in [1.807, 2.05) is 30.3 Å². The number of nitrogens with one attached hydrogen (secondary N) is 1. The van der Waals surface area contributed by atoms with Gasteiger partial charge >= 0.3 is 0 Å². The largest absolute Gasteiger partial charge is 0.388 e. The molecular weight excluding hydrogens is 242 g/mol. The first-order valence-corrected chi connectivity index (χ1v) is 6.23. The zero-order valence-electron chi connectivity index (χ0n) is 10.2. The Hall–Kier alpha value is -1.94. The van der Waals surface area contributed by atoms with Crippen LogP contribution in [0.4, 0.5) is 11.4 Å². The third kappa shape index (κ3) is 2.65. The molecule has 2 aromatic rings. The van der Waals surface area contributed by atoms with E-state index in [2.05, 4.69) is 23.3 Å². The van der Waals surface area contributed by atoms with Crippen molar-refractivity contribution >= 4 is 28.6 Å². The second kappa shape index (κ2) is 5.60. The molecule has 1 aromatic carbocycles. The zero-order chi connectivity index (χ0) is 13.0. The van der Waals surface area contributed by atoms with Crippen LogP contribution < -0.4 is 11.1 Å². The summed E-state index contributed by atoms with van der Waals surface area (Å²) in [5.41, 5.74) is 9.44. The van der Waals surface area contributed by atoms with E-state index in [0.29, 0.717) is 10.7 Å². The summed E-state index contributed by atoms with van der Waals surface area (Å²) in [5.74, 6) is 0. The number of aromatic nitrogens is 1. The molecule has 3 nitrogen and oxygen atoms in total. The molecule has 1 heterocycles. The molecule has 3 N–H and O–H groups in total. The second-order valence-electron chi connectivity index (χ2n) is 3.90. The van der Waals surface area contributed by atoms with E-state index in [9.17, 15) is 0 Å². The van der Waals surface area contributed by atoms with Crippen molar-refractivity contribution in [3.63, 3.8) is 0 Å². The molecule has 0 fully saturated rings. The Morgan fingerprint density at radius 1 is 1.22 bits per heavy atom. The third-order valence-corrected chi connectivity index (χ3v) is 2.90. The standard InChI is InChI=1S/C14H15N3S/c1-2-10-6-3-4-7-11(10)17-12-8-5-9-16-13(12)14(15)18/h3-9,17H,2H2,1H3,(H2,15,18). The van der Waals surface area contributed by atoms with E-state index in [0.717, 1.165) is 17.8 Å². The van der Waals surface area contributed by atoms with Gasteiger partial charge < -0.3 is 11.1 Å². The number of pyridine rings is 1. The molecule has 0 aliphatic rings. The second-order valence-corrected chi connectivity index (χ2v) is 4.34. The van der Waals surface area contributed by atoms with Gasteiger partial charge in [-0.15, -0.1) is 0 Å². The van der Waals surface area contributed by atoms with Gasteiger partial charge in [-0.1, -0.05) is 37.3 Å². The van der Waals surface area contributed by atoms with Crippen molar-refractivity contribution in [3.05, 3.63) is 53.9 Å². The van der Waals surface area contributed by atoms with Crippen LogP contribution in [0, 0.1) is 0 Å². The van der Waals surface area contributed by atoms with Gasteiger partial charge in [0.1, 0.15) is 10.7 Å². The maximum atomic E-state index is 5.67. The highest BCUT2D eigenvalue weighted by Crippen LogP contribution is 2.22. The van der Waals surface area contributed by atoms with Crippen LogP contribution in [0.5, 0.6) is 0 Å². The summed E-state index contributed by atoms with van der Waals surface area (Å²) in [7, 11) is 0. The summed E-state index contributed by atoms with van der Waals surface area (Å²) in [6.45, 7) is 2.12. The SMILES string of the molecule is CCc1ccccc1Nc1cccnc1C(N)=S. The van der Waals surface area contributed by atoms with Gasteiger partial charge in [-0.3, -0.25) is 4.98 Å². The highest BCUT2D eigenvalue weighted by atomic mass is 32.1. The van der Waals surface area contributed by atoms with Crippen LogP contribution in [0.2, 0.25) is 0 Å². The Morgan fingerprint density at radius 2 is 1.94 bits per heavy atom. The molecule has 4 heteroatoms. The topological polar surface area (TPSA) is 50.9 Å². The average molecular weight is 257 g/mol. The van der Waals surface area contributed by atoms with Crippen molar-refractivity contribution in [1.29, 1.82) is 0 Å². The lowest BCUT2D eigenvalue weighted by atomic mass is 10.1. The molecule has 0 amide bonds. The Labute approximate surface area is 112 Å². The number of benzene rings is 1. The maximum Gasteiger partial charge on any atom is 0.124 e. The minimum absolute atomic E-state index is 0.298. The first-order valence-electron chi connectivity index (χ1n) is 5.82. The highest BCUT2D eigenvalue weighted by molar-refractivity contribution is 7.80. The Balaban J connectivity index is 2.37. The Bertz CT molecular complexity index is 566. The van der Waals surface area contributed by atoms with Crippen molar-refractivity contribution in [2.45, 2.75) is 13.3 Å². The van der Waals surface area contributed by atoms with Crippen LogP contribution in [-0.2, 0) is 6.42 Å². The van der Waals surface area contributed by atoms with E-state index >= 15 is 0 Å². The molecule has 0 unspecified atom stereocenters. The van der Waals surface area contributed by atoms with Gasteiger partial charge in [0.05, 0.1) is 5.69 Å². The highest BCUT2D eigenvalue weighted by Gasteiger charge is 2.07. The van der Waals surface area contributed by atoms with Crippen molar-refractivity contribution in [2.24, 2.45) is 5.73 Å². The molecule has 0 aliphatic heterocycles. The third-order valence-electron chi connectivity index (χ3n) is 2.71. The molecule has 0 atom stereocenters. The maximum absolute atomic E-state index is 5.67. The fraction of sp³-hybridized carbons (Fsp3) is 0.143. The predicted octanol–water partition coefficient (Wildman–Crippen LogP) is 3.02. The van der Waals surface area contributed by atoms with Crippen molar-refractivity contribution in [3.8, 4) is 0 Å². The van der Waals surface area contributed by atoms with E-state index in [-0.39, 0.29) is 0 Å². The summed E-state index contributed by atoms with van der Waals surface area (Å²) in [4.78, 5) is 4.50. The van der Waals surface area contributed by atoms with Gasteiger partial charge in [0.2, 0.25) is 0 Å². The van der Waals surface area contributed by atoms with Crippen molar-refractivity contribution in [2.75, 3.05) is 5.32 Å². The van der Waals surface area contributed by atoms with E-state index in [1.54, 1.807) is 6.20 Å². The minimum Gasteiger partial charge on any atom is -0.388 e. The van der Waals surface area contributed by atoms with Crippen molar-refractivity contribution < 1.29 is 0 Å². The summed E-state index contributed by atoms with van der Waals surface area (Å²) in [5, 5.41) is 3.34. The van der Waals surface area contributed by atoms with Crippen LogP contribution in [0.1, 0.15) is 18.2 Å². The average Bonchev–Trinajstić information content (AvgIpc) is 2.40. The number of hydrogen-bond acceptors (Lipinski definition) is 3. The molecule has 1 aromatic heterocycles. The Kier molecular flexibility index (Phi) is 3.89. The van der Waals surface area contributed by atoms with Gasteiger partial charge in [0.25, 0.3) is 0 Å². The van der Waals surface area contributed by atoms with Gasteiger partial charge in [0.15, 0.2) is 0 Å². The fourth-order valence-electron chi connectivity index (χ4n) is 1.80. The molecule has 0 saturated carbocycles. The summed E-state index contributed by atoms with van der Waals surface area (Å²) >= 11 is 5.00. The van der Waals surface area contributed by atoms with E-state index in [4.69, 9.17) is 18.0 Å². The fourth-order valence-corrected chi connectivity index (χ4v) is 1.96. The molecule has 18 heavy (non-hydrogen) atoms. The number of nitrogens with two attached hydrogens (primary N) is 1. The lowest BCUT2D eigenvalue weighted by Crippen LogP contribution is -2.14.